The molecule has 8 nitrogen and oxygen atoms in total. The lowest BCUT2D eigenvalue weighted by Gasteiger charge is -2.04. The first-order chi connectivity index (χ1) is 10.2. The average molecular weight is 289 g/mol. The predicted molar refractivity (Wildman–Crippen MR) is 74.3 cm³/mol. The number of hydrogen-bond donors (Lipinski definition) is 2. The Morgan fingerprint density at radius 3 is 2.76 bits per heavy atom. The maximum Gasteiger partial charge on any atom is 0.412 e. The number of carbonyl (C=O) groups excluding carboxylic acids is 2. The molecule has 0 saturated carbocycles. The highest BCUT2D eigenvalue weighted by molar-refractivity contribution is 5.82. The van der Waals surface area contributed by atoms with Crippen molar-refractivity contribution in [3.63, 3.8) is 0 Å². The van der Waals surface area contributed by atoms with Crippen molar-refractivity contribution in [2.24, 2.45) is 0 Å². The van der Waals surface area contributed by atoms with Crippen LogP contribution < -0.4 is 10.6 Å². The Morgan fingerprint density at radius 2 is 2.05 bits per heavy atom. The first kappa shape index (κ1) is 14.5. The molecule has 2 N–H and O–H groups in total. The summed E-state index contributed by atoms with van der Waals surface area (Å²) < 4.78 is 5.75. The van der Waals surface area contributed by atoms with E-state index < -0.39 is 6.09 Å². The van der Waals surface area contributed by atoms with Gasteiger partial charge in [-0.1, -0.05) is 35.5 Å². The van der Waals surface area contributed by atoms with E-state index in [1.165, 1.54) is 18.0 Å². The fourth-order valence-electron chi connectivity index (χ4n) is 1.59. The van der Waals surface area contributed by atoms with E-state index in [1.807, 2.05) is 30.3 Å². The number of carbonyl (C=O) groups is 2. The van der Waals surface area contributed by atoms with Crippen molar-refractivity contribution in [1.29, 1.82) is 0 Å². The average Bonchev–Trinajstić information content (AvgIpc) is 2.93. The molecule has 0 fully saturated rings. The van der Waals surface area contributed by atoms with Gasteiger partial charge in [-0.05, 0) is 5.56 Å². The van der Waals surface area contributed by atoms with Gasteiger partial charge < -0.3 is 10.1 Å². The van der Waals surface area contributed by atoms with E-state index in [-0.39, 0.29) is 18.3 Å². The number of hydrogen-bond acceptors (Lipinski definition) is 5. The van der Waals surface area contributed by atoms with Crippen LogP contribution in [-0.2, 0) is 22.6 Å². The van der Waals surface area contributed by atoms with Crippen molar-refractivity contribution >= 4 is 17.8 Å². The molecule has 0 aliphatic heterocycles. The number of ether oxygens (including phenoxy) is 1. The van der Waals surface area contributed by atoms with Gasteiger partial charge in [0.2, 0.25) is 5.91 Å². The van der Waals surface area contributed by atoms with Crippen molar-refractivity contribution in [3.05, 3.63) is 42.1 Å². The minimum Gasteiger partial charge on any atom is -0.453 e. The molecule has 1 heterocycles. The fourth-order valence-corrected chi connectivity index (χ4v) is 1.59. The molecule has 0 aliphatic carbocycles. The van der Waals surface area contributed by atoms with Crippen LogP contribution in [0.3, 0.4) is 0 Å². The van der Waals surface area contributed by atoms with E-state index in [0.29, 0.717) is 6.54 Å². The summed E-state index contributed by atoms with van der Waals surface area (Å²) in [6.07, 6.45) is 0.800. The molecule has 0 radical (unpaired) electrons. The van der Waals surface area contributed by atoms with Gasteiger partial charge in [-0.2, -0.15) is 0 Å². The number of rotatable bonds is 5. The van der Waals surface area contributed by atoms with Gasteiger partial charge in [-0.15, -0.1) is 5.10 Å². The molecule has 1 aromatic heterocycles. The van der Waals surface area contributed by atoms with Crippen LogP contribution in [0, 0.1) is 0 Å². The molecule has 1 aromatic carbocycles. The molecule has 0 saturated heterocycles. The quantitative estimate of drug-likeness (QED) is 0.847. The second-order valence-electron chi connectivity index (χ2n) is 4.18. The van der Waals surface area contributed by atoms with Crippen LogP contribution in [0.15, 0.2) is 36.5 Å². The highest BCUT2D eigenvalue weighted by Gasteiger charge is 2.08. The summed E-state index contributed by atoms with van der Waals surface area (Å²) in [5.41, 5.74) is 1.01. The summed E-state index contributed by atoms with van der Waals surface area (Å²) in [5.74, 6) is 0.0195. The van der Waals surface area contributed by atoms with Gasteiger partial charge in [0.1, 0.15) is 6.54 Å². The summed E-state index contributed by atoms with van der Waals surface area (Å²) in [6.45, 7) is 0.463. The number of aromatic nitrogens is 3. The van der Waals surface area contributed by atoms with E-state index in [0.717, 1.165) is 5.56 Å². The van der Waals surface area contributed by atoms with Gasteiger partial charge in [0.15, 0.2) is 5.82 Å². The minimum atomic E-state index is -0.643. The van der Waals surface area contributed by atoms with Crippen LogP contribution in [-0.4, -0.2) is 34.1 Å². The summed E-state index contributed by atoms with van der Waals surface area (Å²) in [6, 6.07) is 9.58. The third kappa shape index (κ3) is 4.60. The first-order valence-electron chi connectivity index (χ1n) is 6.23. The molecule has 0 aliphatic rings. The number of amides is 2. The molecule has 0 bridgehead atoms. The smallest absolute Gasteiger partial charge is 0.412 e. The maximum absolute atomic E-state index is 11.8. The van der Waals surface area contributed by atoms with Crippen LogP contribution in [0.4, 0.5) is 10.6 Å². The second kappa shape index (κ2) is 7.04. The van der Waals surface area contributed by atoms with Crippen LogP contribution in [0.5, 0.6) is 0 Å². The first-order valence-corrected chi connectivity index (χ1v) is 6.23. The molecule has 21 heavy (non-hydrogen) atoms. The molecule has 2 aromatic rings. The standard InChI is InChI=1S/C13H15N5O3/c1-21-13(20)15-11-8-18(17-16-11)9-12(19)14-7-10-5-3-2-4-6-10/h2-6,8H,7,9H2,1H3,(H,14,19)(H,15,20). The maximum atomic E-state index is 11.8. The van der Waals surface area contributed by atoms with Gasteiger partial charge in [0.05, 0.1) is 13.3 Å². The summed E-state index contributed by atoms with van der Waals surface area (Å²) in [7, 11) is 1.25. The topological polar surface area (TPSA) is 98.1 Å². The van der Waals surface area contributed by atoms with Gasteiger partial charge in [0.25, 0.3) is 0 Å². The Kier molecular flexibility index (Phi) is 4.86. The molecule has 8 heteroatoms. The molecule has 0 atom stereocenters. The zero-order valence-electron chi connectivity index (χ0n) is 11.4. The van der Waals surface area contributed by atoms with E-state index in [1.54, 1.807) is 0 Å². The second-order valence-corrected chi connectivity index (χ2v) is 4.18. The molecular formula is C13H15N5O3. The van der Waals surface area contributed by atoms with Gasteiger partial charge in [0, 0.05) is 6.54 Å². The van der Waals surface area contributed by atoms with Crippen molar-refractivity contribution in [2.45, 2.75) is 13.1 Å². The lowest BCUT2D eigenvalue weighted by molar-refractivity contribution is -0.122. The van der Waals surface area contributed by atoms with Gasteiger partial charge >= 0.3 is 6.09 Å². The highest BCUT2D eigenvalue weighted by atomic mass is 16.5. The predicted octanol–water partition coefficient (Wildman–Crippen LogP) is 0.773. The van der Waals surface area contributed by atoms with E-state index in [9.17, 15) is 9.59 Å². The molecule has 2 amide bonds. The van der Waals surface area contributed by atoms with E-state index in [4.69, 9.17) is 0 Å². The van der Waals surface area contributed by atoms with Crippen molar-refractivity contribution < 1.29 is 14.3 Å². The third-order valence-electron chi connectivity index (χ3n) is 2.59. The van der Waals surface area contributed by atoms with Crippen LogP contribution >= 0.6 is 0 Å². The lowest BCUT2D eigenvalue weighted by Crippen LogP contribution is -2.27. The summed E-state index contributed by atoms with van der Waals surface area (Å²) in [4.78, 5) is 22.7. The van der Waals surface area contributed by atoms with Gasteiger partial charge in [-0.25, -0.2) is 9.48 Å². The minimum absolute atomic E-state index is 0.0166. The molecule has 2 rings (SSSR count). The third-order valence-corrected chi connectivity index (χ3v) is 2.59. The summed E-state index contributed by atoms with van der Waals surface area (Å²) in [5, 5.41) is 12.6. The number of nitrogens with one attached hydrogen (secondary N) is 2. The van der Waals surface area contributed by atoms with Crippen LogP contribution in [0.25, 0.3) is 0 Å². The van der Waals surface area contributed by atoms with Gasteiger partial charge in [-0.3, -0.25) is 10.1 Å². The highest BCUT2D eigenvalue weighted by Crippen LogP contribution is 2.01. The van der Waals surface area contributed by atoms with Crippen molar-refractivity contribution in [2.75, 3.05) is 12.4 Å². The van der Waals surface area contributed by atoms with Crippen LogP contribution in [0.2, 0.25) is 0 Å². The Bertz CT molecular complexity index is 611. The van der Waals surface area contributed by atoms with Crippen molar-refractivity contribution in [3.8, 4) is 0 Å². The zero-order valence-corrected chi connectivity index (χ0v) is 11.4. The lowest BCUT2D eigenvalue weighted by atomic mass is 10.2. The molecular weight excluding hydrogens is 274 g/mol. The zero-order chi connectivity index (χ0) is 15.1. The molecule has 0 spiro atoms. The molecule has 110 valence electrons. The normalized spacial score (nSPS) is 9.95. The van der Waals surface area contributed by atoms with E-state index >= 15 is 0 Å². The Morgan fingerprint density at radius 1 is 1.29 bits per heavy atom. The monoisotopic (exact) mass is 289 g/mol. The summed E-state index contributed by atoms with van der Waals surface area (Å²) >= 11 is 0. The van der Waals surface area contributed by atoms with Crippen molar-refractivity contribution in [1.82, 2.24) is 20.3 Å². The number of nitrogens with zero attached hydrogens (tertiary/aromatic N) is 3. The van der Waals surface area contributed by atoms with E-state index in [2.05, 4.69) is 25.7 Å². The number of anilines is 1. The number of benzene rings is 1. The largest absolute Gasteiger partial charge is 0.453 e. The fraction of sp³-hybridized carbons (Fsp3) is 0.231. The Labute approximate surface area is 121 Å². The Hall–Kier alpha value is -2.90. The SMILES string of the molecule is COC(=O)Nc1cn(CC(=O)NCc2ccccc2)nn1. The van der Waals surface area contributed by atoms with Crippen LogP contribution in [0.1, 0.15) is 5.56 Å². The number of methoxy groups -OCH3 is 1. The molecule has 0 unspecified atom stereocenters. The Balaban J connectivity index is 1.81.